The Balaban J connectivity index is 1.87. The van der Waals surface area contributed by atoms with E-state index in [-0.39, 0.29) is 18.6 Å². The van der Waals surface area contributed by atoms with Crippen molar-refractivity contribution in [1.82, 2.24) is 14.6 Å². The molecule has 27 heavy (non-hydrogen) atoms. The SMILES string of the molecule is C=C/C=C(\[CH]=[Ni])CNc1cc(N[C@@H]2CCCC[C@@H]2CO)nc2c(Br)cnn12. The van der Waals surface area contributed by atoms with Crippen molar-refractivity contribution in [3.8, 4) is 0 Å². The summed E-state index contributed by atoms with van der Waals surface area (Å²) >= 11 is 8.27. The van der Waals surface area contributed by atoms with E-state index in [0.717, 1.165) is 40.2 Å². The summed E-state index contributed by atoms with van der Waals surface area (Å²) in [6.45, 7) is 4.50. The summed E-state index contributed by atoms with van der Waals surface area (Å²) in [5.74, 6) is 1.86. The van der Waals surface area contributed by atoms with E-state index < -0.39 is 0 Å². The van der Waals surface area contributed by atoms with E-state index in [2.05, 4.69) is 38.2 Å². The zero-order valence-corrected chi connectivity index (χ0v) is 17.5. The van der Waals surface area contributed by atoms with Gasteiger partial charge in [0.2, 0.25) is 0 Å². The van der Waals surface area contributed by atoms with Crippen molar-refractivity contribution >= 4 is 38.2 Å². The molecular weight excluding hydrogens is 453 g/mol. The molecule has 0 radical (unpaired) electrons. The molecule has 0 aromatic carbocycles. The molecule has 2 aromatic heterocycles. The van der Waals surface area contributed by atoms with Crippen molar-refractivity contribution < 1.29 is 20.1 Å². The number of hydrogen-bond acceptors (Lipinski definition) is 5. The number of aliphatic hydroxyl groups excluding tert-OH is 1. The van der Waals surface area contributed by atoms with Crippen LogP contribution in [0.4, 0.5) is 11.6 Å². The van der Waals surface area contributed by atoms with Gasteiger partial charge in [0, 0.05) is 0 Å². The Labute approximate surface area is 175 Å². The van der Waals surface area contributed by atoms with Crippen LogP contribution in [0.25, 0.3) is 5.65 Å². The van der Waals surface area contributed by atoms with Crippen LogP contribution in [0, 0.1) is 5.92 Å². The fourth-order valence-corrected chi connectivity index (χ4v) is 3.95. The monoisotopic (exact) mass is 475 g/mol. The molecule has 0 unspecified atom stereocenters. The van der Waals surface area contributed by atoms with E-state index in [1.807, 2.05) is 12.1 Å². The van der Waals surface area contributed by atoms with Crippen molar-refractivity contribution in [2.24, 2.45) is 5.92 Å². The molecule has 6 nitrogen and oxygen atoms in total. The van der Waals surface area contributed by atoms with Gasteiger partial charge in [-0.05, 0) is 0 Å². The Morgan fingerprint density at radius 3 is 3.00 bits per heavy atom. The van der Waals surface area contributed by atoms with Crippen LogP contribution in [0.5, 0.6) is 0 Å². The van der Waals surface area contributed by atoms with Gasteiger partial charge in [0.15, 0.2) is 0 Å². The zero-order valence-electron chi connectivity index (χ0n) is 15.0. The Hall–Kier alpha value is -1.50. The molecule has 0 aliphatic heterocycles. The first-order valence-electron chi connectivity index (χ1n) is 9.03. The molecule has 0 amide bonds. The second-order valence-electron chi connectivity index (χ2n) is 6.65. The van der Waals surface area contributed by atoms with Gasteiger partial charge >= 0.3 is 175 Å². The van der Waals surface area contributed by atoms with Crippen molar-refractivity contribution in [2.75, 3.05) is 23.8 Å². The van der Waals surface area contributed by atoms with Gasteiger partial charge in [-0.15, -0.1) is 0 Å². The molecule has 2 heterocycles. The summed E-state index contributed by atoms with van der Waals surface area (Å²) in [5.41, 5.74) is 1.71. The van der Waals surface area contributed by atoms with Gasteiger partial charge in [-0.3, -0.25) is 0 Å². The molecule has 3 N–H and O–H groups in total. The van der Waals surface area contributed by atoms with Crippen LogP contribution < -0.4 is 10.6 Å². The van der Waals surface area contributed by atoms with Crippen LogP contribution in [-0.4, -0.2) is 43.9 Å². The number of nitrogens with zero attached hydrogens (tertiary/aromatic N) is 3. The molecule has 2 aromatic rings. The minimum atomic E-state index is 0.201. The van der Waals surface area contributed by atoms with Gasteiger partial charge in [0.1, 0.15) is 0 Å². The van der Waals surface area contributed by atoms with Gasteiger partial charge in [-0.1, -0.05) is 0 Å². The first-order valence-corrected chi connectivity index (χ1v) is 10.4. The summed E-state index contributed by atoms with van der Waals surface area (Å²) in [6.07, 6.45) is 9.78. The molecule has 0 spiro atoms. The van der Waals surface area contributed by atoms with E-state index in [4.69, 9.17) is 20.0 Å². The molecule has 1 fully saturated rings. The second-order valence-corrected chi connectivity index (χ2v) is 7.79. The Bertz CT molecular complexity index is 850. The van der Waals surface area contributed by atoms with Crippen LogP contribution in [0.2, 0.25) is 0 Å². The normalized spacial score (nSPS) is 20.5. The molecule has 1 saturated carbocycles. The quantitative estimate of drug-likeness (QED) is 0.402. The fourth-order valence-electron chi connectivity index (χ4n) is 3.41. The first kappa shape index (κ1) is 20.2. The third-order valence-electron chi connectivity index (χ3n) is 4.83. The molecule has 0 saturated heterocycles. The number of rotatable bonds is 8. The topological polar surface area (TPSA) is 74.5 Å². The molecule has 1 aliphatic carbocycles. The van der Waals surface area contributed by atoms with Crippen LogP contribution in [-0.2, 0) is 15.0 Å². The van der Waals surface area contributed by atoms with Crippen LogP contribution in [0.3, 0.4) is 0 Å². The molecular formula is C19H24BrN5NiO. The average molecular weight is 477 g/mol. The van der Waals surface area contributed by atoms with Gasteiger partial charge < -0.3 is 0 Å². The summed E-state index contributed by atoms with van der Waals surface area (Å²) < 4.78 is 2.59. The second kappa shape index (κ2) is 9.62. The molecule has 148 valence electrons. The summed E-state index contributed by atoms with van der Waals surface area (Å²) in [6, 6.07) is 2.18. The molecule has 2 atom stereocenters. The Morgan fingerprint density at radius 2 is 2.26 bits per heavy atom. The predicted octanol–water partition coefficient (Wildman–Crippen LogP) is 3.33. The van der Waals surface area contributed by atoms with Crippen LogP contribution >= 0.6 is 15.9 Å². The minimum absolute atomic E-state index is 0.201. The van der Waals surface area contributed by atoms with Gasteiger partial charge in [-0.25, -0.2) is 0 Å². The van der Waals surface area contributed by atoms with Crippen molar-refractivity contribution in [3.05, 3.63) is 41.0 Å². The average Bonchev–Trinajstić information content (AvgIpc) is 3.06. The number of fused-ring (bicyclic) bond motifs is 1. The van der Waals surface area contributed by atoms with Crippen molar-refractivity contribution in [2.45, 2.75) is 31.7 Å². The maximum atomic E-state index is 9.68. The molecule has 8 heteroatoms. The molecule has 0 bridgehead atoms. The van der Waals surface area contributed by atoms with E-state index in [0.29, 0.717) is 6.54 Å². The van der Waals surface area contributed by atoms with Crippen LogP contribution in [0.15, 0.2) is 41.0 Å². The first-order chi connectivity index (χ1) is 13.2. The van der Waals surface area contributed by atoms with Crippen molar-refractivity contribution in [1.29, 1.82) is 0 Å². The number of allylic oxidation sites excluding steroid dienone is 2. The van der Waals surface area contributed by atoms with Gasteiger partial charge in [0.25, 0.3) is 0 Å². The zero-order chi connectivity index (χ0) is 19.2. The van der Waals surface area contributed by atoms with Gasteiger partial charge in [-0.2, -0.15) is 0 Å². The fraction of sp³-hybridized carbons (Fsp3) is 0.421. The summed E-state index contributed by atoms with van der Waals surface area (Å²) in [5, 5.41) is 21.0. The number of halogens is 1. The van der Waals surface area contributed by atoms with E-state index in [1.54, 1.807) is 21.8 Å². The third kappa shape index (κ3) is 4.87. The number of nitrogens with one attached hydrogen (secondary N) is 2. The van der Waals surface area contributed by atoms with E-state index >= 15 is 0 Å². The molecule has 1 aliphatic rings. The number of anilines is 2. The van der Waals surface area contributed by atoms with Gasteiger partial charge in [0.05, 0.1) is 0 Å². The Kier molecular flexibility index (Phi) is 7.22. The molecule has 3 rings (SSSR count). The Morgan fingerprint density at radius 1 is 1.44 bits per heavy atom. The van der Waals surface area contributed by atoms with E-state index in [1.165, 1.54) is 12.8 Å². The standard InChI is InChI=1S/C19H24BrN5O.Ni/c1-3-6-13(2)10-21-18-9-17(24-19-15(20)11-22-25(18)19)23-16-8-5-4-7-14(16)12-26;/h2-3,6,9,11,14,16,21,26H,1,4-5,7-8,10,12H2,(H,23,24);/b13-6+;/t14-,16-;/m1./s1. The third-order valence-corrected chi connectivity index (χ3v) is 5.75. The number of aromatic nitrogens is 3. The van der Waals surface area contributed by atoms with Crippen molar-refractivity contribution in [3.63, 3.8) is 0 Å². The summed E-state index contributed by atoms with van der Waals surface area (Å²) in [7, 11) is 0. The summed E-state index contributed by atoms with van der Waals surface area (Å²) in [4.78, 5) is 6.39. The predicted molar refractivity (Wildman–Crippen MR) is 110 cm³/mol. The number of aliphatic hydroxyl groups is 1. The van der Waals surface area contributed by atoms with E-state index in [9.17, 15) is 5.11 Å². The van der Waals surface area contributed by atoms with Crippen LogP contribution in [0.1, 0.15) is 25.7 Å². The number of hydrogen-bond donors (Lipinski definition) is 3. The maximum absolute atomic E-state index is 9.68.